The number of ether oxygens (including phenoxy) is 1. The van der Waals surface area contributed by atoms with Crippen LogP contribution in [0.2, 0.25) is 0 Å². The van der Waals surface area contributed by atoms with Crippen molar-refractivity contribution in [2.45, 2.75) is 89.9 Å². The number of carbonyl (C=O) groups is 1. The fourth-order valence-corrected chi connectivity index (χ4v) is 2.82. The molecule has 0 fully saturated rings. The van der Waals surface area contributed by atoms with Gasteiger partial charge in [-0.1, -0.05) is 71.1 Å². The van der Waals surface area contributed by atoms with Gasteiger partial charge in [-0.25, -0.2) is 0 Å². The van der Waals surface area contributed by atoms with Crippen molar-refractivity contribution in [2.75, 3.05) is 12.4 Å². The van der Waals surface area contributed by atoms with Crippen LogP contribution in [0.1, 0.15) is 84.5 Å². The monoisotopic (exact) mass is 318 g/mol. The number of thioether (sulfide) groups is 1. The Morgan fingerprint density at radius 2 is 1.43 bits per heavy atom. The van der Waals surface area contributed by atoms with Crippen LogP contribution >= 0.6 is 11.8 Å². The van der Waals surface area contributed by atoms with Gasteiger partial charge in [0.1, 0.15) is 5.44 Å². The zero-order valence-electron chi connectivity index (χ0n) is 13.9. The lowest BCUT2D eigenvalue weighted by Crippen LogP contribution is -2.09. The summed E-state index contributed by atoms with van der Waals surface area (Å²) in [4.78, 5) is 10.4. The number of aliphatic carboxylic acids is 1. The van der Waals surface area contributed by atoms with E-state index in [2.05, 4.69) is 6.92 Å². The molecule has 0 radical (unpaired) electrons. The molecule has 0 saturated heterocycles. The minimum atomic E-state index is -0.773. The van der Waals surface area contributed by atoms with Crippen molar-refractivity contribution in [1.29, 1.82) is 0 Å². The van der Waals surface area contributed by atoms with E-state index in [0.717, 1.165) is 13.0 Å². The quantitative estimate of drug-likeness (QED) is 0.302. The first-order valence-electron chi connectivity index (χ1n) is 8.61. The van der Waals surface area contributed by atoms with Crippen LogP contribution in [0.25, 0.3) is 0 Å². The lowest BCUT2D eigenvalue weighted by atomic mass is 10.1. The van der Waals surface area contributed by atoms with Gasteiger partial charge in [-0.05, 0) is 13.3 Å². The third kappa shape index (κ3) is 17.7. The Labute approximate surface area is 135 Å². The van der Waals surface area contributed by atoms with Crippen LogP contribution < -0.4 is 0 Å². The Hall–Kier alpha value is -0.220. The summed E-state index contributed by atoms with van der Waals surface area (Å²) in [5, 5.41) is 8.56. The highest BCUT2D eigenvalue weighted by atomic mass is 32.2. The molecule has 0 aliphatic carbocycles. The summed E-state index contributed by atoms with van der Waals surface area (Å²) in [6, 6.07) is 0. The first kappa shape index (κ1) is 20.8. The van der Waals surface area contributed by atoms with Gasteiger partial charge in [-0.3, -0.25) is 4.79 Å². The number of carboxylic acids is 1. The highest BCUT2D eigenvalue weighted by Crippen LogP contribution is 2.13. The van der Waals surface area contributed by atoms with E-state index >= 15 is 0 Å². The van der Waals surface area contributed by atoms with Crippen LogP contribution in [0, 0.1) is 0 Å². The molecule has 0 bridgehead atoms. The third-order valence-electron chi connectivity index (χ3n) is 3.54. The number of carboxylic acid groups (broad SMARTS) is 1. The van der Waals surface area contributed by atoms with Crippen LogP contribution in [0.3, 0.4) is 0 Å². The second-order valence-corrected chi connectivity index (χ2v) is 6.96. The van der Waals surface area contributed by atoms with Gasteiger partial charge in [-0.2, -0.15) is 0 Å². The molecule has 0 aliphatic rings. The Balaban J connectivity index is 3.10. The summed E-state index contributed by atoms with van der Waals surface area (Å²) in [6.07, 6.45) is 14.7. The topological polar surface area (TPSA) is 46.5 Å². The molecule has 1 unspecified atom stereocenters. The van der Waals surface area contributed by atoms with Crippen molar-refractivity contribution in [3.05, 3.63) is 0 Å². The highest BCUT2D eigenvalue weighted by Gasteiger charge is 2.05. The van der Waals surface area contributed by atoms with Gasteiger partial charge in [0, 0.05) is 6.61 Å². The van der Waals surface area contributed by atoms with E-state index in [4.69, 9.17) is 9.84 Å². The molecular formula is C17H34O3S. The maximum atomic E-state index is 10.4. The highest BCUT2D eigenvalue weighted by molar-refractivity contribution is 8.00. The molecule has 0 amide bonds. The van der Waals surface area contributed by atoms with Crippen molar-refractivity contribution in [2.24, 2.45) is 0 Å². The molecule has 0 aromatic carbocycles. The molecule has 0 saturated carbocycles. The van der Waals surface area contributed by atoms with E-state index in [-0.39, 0.29) is 11.2 Å². The Kier molecular flexibility index (Phi) is 16.0. The van der Waals surface area contributed by atoms with Gasteiger partial charge in [0.05, 0.1) is 5.75 Å². The molecule has 1 atom stereocenters. The summed E-state index contributed by atoms with van der Waals surface area (Å²) in [7, 11) is 0. The van der Waals surface area contributed by atoms with Gasteiger partial charge < -0.3 is 9.84 Å². The second kappa shape index (κ2) is 16.2. The second-order valence-electron chi connectivity index (χ2n) is 5.68. The molecule has 126 valence electrons. The predicted molar refractivity (Wildman–Crippen MR) is 92.0 cm³/mol. The number of unbranched alkanes of at least 4 members (excludes halogenated alkanes) is 10. The minimum absolute atomic E-state index is 0.00998. The average Bonchev–Trinajstić information content (AvgIpc) is 2.46. The molecule has 3 nitrogen and oxygen atoms in total. The average molecular weight is 319 g/mol. The van der Waals surface area contributed by atoms with E-state index in [0.29, 0.717) is 0 Å². The van der Waals surface area contributed by atoms with E-state index < -0.39 is 5.97 Å². The molecule has 21 heavy (non-hydrogen) atoms. The summed E-state index contributed by atoms with van der Waals surface area (Å²) < 4.78 is 5.57. The normalized spacial score (nSPS) is 12.5. The molecule has 0 aromatic heterocycles. The van der Waals surface area contributed by atoms with Crippen LogP contribution in [-0.2, 0) is 9.53 Å². The van der Waals surface area contributed by atoms with Gasteiger partial charge in [0.2, 0.25) is 0 Å². The maximum Gasteiger partial charge on any atom is 0.313 e. The Bertz CT molecular complexity index is 234. The fourth-order valence-electron chi connectivity index (χ4n) is 2.25. The molecule has 0 spiro atoms. The Morgan fingerprint density at radius 1 is 0.952 bits per heavy atom. The molecule has 4 heteroatoms. The fraction of sp³-hybridized carbons (Fsp3) is 0.941. The molecule has 0 aliphatic heterocycles. The van der Waals surface area contributed by atoms with Gasteiger partial charge >= 0.3 is 5.97 Å². The number of hydrogen-bond acceptors (Lipinski definition) is 3. The van der Waals surface area contributed by atoms with Crippen LogP contribution in [0.15, 0.2) is 0 Å². The van der Waals surface area contributed by atoms with Gasteiger partial charge in [-0.15, -0.1) is 11.8 Å². The lowest BCUT2D eigenvalue weighted by Gasteiger charge is -2.11. The van der Waals surface area contributed by atoms with E-state index in [1.807, 2.05) is 6.92 Å². The summed E-state index contributed by atoms with van der Waals surface area (Å²) in [6.45, 7) is 4.94. The first-order valence-corrected chi connectivity index (χ1v) is 9.66. The van der Waals surface area contributed by atoms with E-state index in [9.17, 15) is 4.79 Å². The molecule has 0 heterocycles. The van der Waals surface area contributed by atoms with Crippen LogP contribution in [0.5, 0.6) is 0 Å². The minimum Gasteiger partial charge on any atom is -0.481 e. The summed E-state index contributed by atoms with van der Waals surface area (Å²) in [5.41, 5.74) is -0.00998. The van der Waals surface area contributed by atoms with Crippen molar-refractivity contribution < 1.29 is 14.6 Å². The van der Waals surface area contributed by atoms with Crippen molar-refractivity contribution in [3.63, 3.8) is 0 Å². The summed E-state index contributed by atoms with van der Waals surface area (Å²) in [5.74, 6) is -0.649. The van der Waals surface area contributed by atoms with Gasteiger partial charge in [0.25, 0.3) is 0 Å². The largest absolute Gasteiger partial charge is 0.481 e. The van der Waals surface area contributed by atoms with Crippen molar-refractivity contribution >= 4 is 17.7 Å². The zero-order valence-corrected chi connectivity index (χ0v) is 14.8. The zero-order chi connectivity index (χ0) is 15.8. The maximum absolute atomic E-state index is 10.4. The van der Waals surface area contributed by atoms with Crippen LogP contribution in [-0.4, -0.2) is 28.9 Å². The summed E-state index contributed by atoms with van der Waals surface area (Å²) >= 11 is 1.35. The first-order chi connectivity index (χ1) is 10.2. The van der Waals surface area contributed by atoms with E-state index in [1.54, 1.807) is 0 Å². The van der Waals surface area contributed by atoms with Crippen molar-refractivity contribution in [1.82, 2.24) is 0 Å². The lowest BCUT2D eigenvalue weighted by molar-refractivity contribution is -0.133. The van der Waals surface area contributed by atoms with Crippen molar-refractivity contribution in [3.8, 4) is 0 Å². The van der Waals surface area contributed by atoms with Crippen LogP contribution in [0.4, 0.5) is 0 Å². The smallest absolute Gasteiger partial charge is 0.313 e. The third-order valence-corrected chi connectivity index (χ3v) is 4.56. The predicted octanol–water partition coefficient (Wildman–Crippen LogP) is 5.48. The molecule has 0 aromatic rings. The van der Waals surface area contributed by atoms with Gasteiger partial charge in [0.15, 0.2) is 0 Å². The number of rotatable bonds is 16. The Morgan fingerprint density at radius 3 is 1.90 bits per heavy atom. The molecular weight excluding hydrogens is 284 g/mol. The molecule has 1 N–H and O–H groups in total. The SMILES string of the molecule is CCCCCCCCCCCCCOC(C)SCC(=O)O. The standard InChI is InChI=1S/C17H34O3S/c1-3-4-5-6-7-8-9-10-11-12-13-14-20-16(2)21-15-17(18)19/h16H,3-15H2,1-2H3,(H,18,19). The number of hydrogen-bond donors (Lipinski definition) is 1. The molecule has 0 rings (SSSR count). The van der Waals surface area contributed by atoms with E-state index in [1.165, 1.54) is 76.0 Å².